The number of carbonyl (C=O) groups is 2. The summed E-state index contributed by atoms with van der Waals surface area (Å²) >= 11 is 0. The second-order valence-electron chi connectivity index (χ2n) is 5.64. The molecule has 0 bridgehead atoms. The summed E-state index contributed by atoms with van der Waals surface area (Å²) in [4.78, 5) is 21.4. The summed E-state index contributed by atoms with van der Waals surface area (Å²) in [5.74, 6) is -0.763. The molecule has 0 saturated carbocycles. The van der Waals surface area contributed by atoms with Gasteiger partial charge in [-0.3, -0.25) is 9.59 Å². The molecule has 1 atom stereocenters. The molecular formula is C18H36O4. The molecule has 0 aromatic heterocycles. The molecule has 0 amide bonds. The lowest BCUT2D eigenvalue weighted by molar-refractivity contribution is -0.144. The topological polar surface area (TPSA) is 63.6 Å². The zero-order chi connectivity index (χ0) is 17.2. The van der Waals surface area contributed by atoms with Crippen molar-refractivity contribution in [3.05, 3.63) is 0 Å². The zero-order valence-corrected chi connectivity index (χ0v) is 15.0. The third-order valence-corrected chi connectivity index (χ3v) is 3.34. The van der Waals surface area contributed by atoms with Crippen molar-refractivity contribution >= 4 is 11.9 Å². The zero-order valence-electron chi connectivity index (χ0n) is 15.0. The third kappa shape index (κ3) is 17.0. The summed E-state index contributed by atoms with van der Waals surface area (Å²) in [5, 5.41) is 8.73. The first-order valence-electron chi connectivity index (χ1n) is 8.91. The number of carbonyl (C=O) groups excluding carboxylic acids is 1. The number of hydrogen-bond donors (Lipinski definition) is 1. The van der Waals surface area contributed by atoms with Gasteiger partial charge in [0.05, 0.1) is 12.5 Å². The molecule has 0 rings (SSSR count). The van der Waals surface area contributed by atoms with Crippen LogP contribution in [0.2, 0.25) is 0 Å². The van der Waals surface area contributed by atoms with Gasteiger partial charge in [0.15, 0.2) is 0 Å². The Morgan fingerprint density at radius 3 is 1.95 bits per heavy atom. The van der Waals surface area contributed by atoms with Gasteiger partial charge in [0, 0.05) is 6.42 Å². The van der Waals surface area contributed by atoms with E-state index >= 15 is 0 Å². The number of hydrogen-bond acceptors (Lipinski definition) is 3. The van der Waals surface area contributed by atoms with Gasteiger partial charge in [-0.2, -0.15) is 0 Å². The van der Waals surface area contributed by atoms with E-state index < -0.39 is 5.97 Å². The number of ether oxygens (including phenoxy) is 1. The second kappa shape index (κ2) is 18.0. The number of aliphatic carboxylic acids is 1. The van der Waals surface area contributed by atoms with Gasteiger partial charge >= 0.3 is 11.9 Å². The predicted octanol–water partition coefficient (Wildman–Crippen LogP) is 5.20. The van der Waals surface area contributed by atoms with Crippen LogP contribution >= 0.6 is 0 Å². The number of esters is 1. The van der Waals surface area contributed by atoms with Crippen LogP contribution in [0.5, 0.6) is 0 Å². The van der Waals surface area contributed by atoms with E-state index in [1.807, 2.05) is 13.8 Å². The van der Waals surface area contributed by atoms with E-state index in [9.17, 15) is 9.59 Å². The second-order valence-corrected chi connectivity index (χ2v) is 5.64. The molecule has 4 heteroatoms. The normalized spacial score (nSPS) is 11.3. The smallest absolute Gasteiger partial charge is 0.306 e. The minimum atomic E-state index is -0.625. The molecule has 22 heavy (non-hydrogen) atoms. The van der Waals surface area contributed by atoms with Crippen molar-refractivity contribution in [2.45, 2.75) is 91.9 Å². The summed E-state index contributed by atoms with van der Waals surface area (Å²) in [7, 11) is 0. The van der Waals surface area contributed by atoms with Crippen molar-refractivity contribution in [3.8, 4) is 0 Å². The fraction of sp³-hybridized carbons (Fsp3) is 0.889. The van der Waals surface area contributed by atoms with Gasteiger partial charge in [-0.15, -0.1) is 0 Å². The van der Waals surface area contributed by atoms with Gasteiger partial charge in [-0.05, 0) is 25.7 Å². The highest BCUT2D eigenvalue weighted by Crippen LogP contribution is 2.14. The quantitative estimate of drug-likeness (QED) is 0.397. The molecular weight excluding hydrogens is 280 g/mol. The van der Waals surface area contributed by atoms with E-state index in [0.717, 1.165) is 57.8 Å². The summed E-state index contributed by atoms with van der Waals surface area (Å²) in [6, 6.07) is 0. The van der Waals surface area contributed by atoms with E-state index in [1.165, 1.54) is 0 Å². The highest BCUT2D eigenvalue weighted by molar-refractivity contribution is 5.69. The SMILES string of the molecule is CCCCC(CCC)C(=O)O.CCCCCC(=O)OCCC. The van der Waals surface area contributed by atoms with Crippen molar-refractivity contribution in [3.63, 3.8) is 0 Å². The molecule has 0 aliphatic heterocycles. The Bertz CT molecular complexity index is 262. The van der Waals surface area contributed by atoms with E-state index in [1.54, 1.807) is 0 Å². The maximum Gasteiger partial charge on any atom is 0.306 e. The Balaban J connectivity index is 0. The molecule has 1 N–H and O–H groups in total. The summed E-state index contributed by atoms with van der Waals surface area (Å²) in [6.45, 7) is 8.81. The van der Waals surface area contributed by atoms with Crippen molar-refractivity contribution < 1.29 is 19.4 Å². The molecule has 0 radical (unpaired) electrons. The van der Waals surface area contributed by atoms with Crippen LogP contribution in [-0.4, -0.2) is 23.7 Å². The molecule has 4 nitrogen and oxygen atoms in total. The largest absolute Gasteiger partial charge is 0.481 e. The Labute approximate surface area is 136 Å². The Morgan fingerprint density at radius 2 is 1.50 bits per heavy atom. The first kappa shape index (κ1) is 23.2. The number of carboxylic acids is 1. The van der Waals surface area contributed by atoms with Crippen molar-refractivity contribution in [2.24, 2.45) is 5.92 Å². The molecule has 0 aromatic carbocycles. The monoisotopic (exact) mass is 316 g/mol. The van der Waals surface area contributed by atoms with Crippen LogP contribution < -0.4 is 0 Å². The Hall–Kier alpha value is -1.06. The average Bonchev–Trinajstić information content (AvgIpc) is 2.50. The van der Waals surface area contributed by atoms with Crippen LogP contribution in [0.4, 0.5) is 0 Å². The number of rotatable bonds is 12. The lowest BCUT2D eigenvalue weighted by Crippen LogP contribution is -2.12. The molecule has 0 saturated heterocycles. The van der Waals surface area contributed by atoms with Gasteiger partial charge in [0.2, 0.25) is 0 Å². The first-order chi connectivity index (χ1) is 10.5. The summed E-state index contributed by atoms with van der Waals surface area (Å²) in [6.07, 6.45) is 9.54. The van der Waals surface area contributed by atoms with Crippen LogP contribution in [0.15, 0.2) is 0 Å². The minimum Gasteiger partial charge on any atom is -0.481 e. The van der Waals surface area contributed by atoms with Gasteiger partial charge in [-0.1, -0.05) is 59.8 Å². The van der Waals surface area contributed by atoms with Crippen LogP contribution in [0.25, 0.3) is 0 Å². The molecule has 0 aliphatic rings. The lowest BCUT2D eigenvalue weighted by atomic mass is 9.97. The summed E-state index contributed by atoms with van der Waals surface area (Å²) in [5.41, 5.74) is 0. The molecule has 0 aromatic rings. The molecule has 0 heterocycles. The fourth-order valence-electron chi connectivity index (χ4n) is 2.00. The maximum absolute atomic E-state index is 10.9. The van der Waals surface area contributed by atoms with E-state index in [-0.39, 0.29) is 11.9 Å². The highest BCUT2D eigenvalue weighted by atomic mass is 16.5. The molecule has 132 valence electrons. The van der Waals surface area contributed by atoms with Crippen LogP contribution in [-0.2, 0) is 14.3 Å². The molecule has 1 unspecified atom stereocenters. The van der Waals surface area contributed by atoms with Gasteiger partial charge in [0.1, 0.15) is 0 Å². The van der Waals surface area contributed by atoms with Gasteiger partial charge in [0.25, 0.3) is 0 Å². The molecule has 0 aliphatic carbocycles. The van der Waals surface area contributed by atoms with Gasteiger partial charge < -0.3 is 9.84 Å². The Morgan fingerprint density at radius 1 is 0.864 bits per heavy atom. The molecule has 0 fully saturated rings. The molecule has 0 spiro atoms. The first-order valence-corrected chi connectivity index (χ1v) is 8.91. The van der Waals surface area contributed by atoms with Crippen molar-refractivity contribution in [2.75, 3.05) is 6.61 Å². The minimum absolute atomic E-state index is 0.0414. The number of carboxylic acid groups (broad SMARTS) is 1. The highest BCUT2D eigenvalue weighted by Gasteiger charge is 2.14. The standard InChI is InChI=1S/2C9H18O2/c1-3-5-6-7-9(10)11-8-4-2;1-3-5-7-8(6-4-2)9(10)11/h3-8H2,1-2H3;8H,3-7H2,1-2H3,(H,10,11). The maximum atomic E-state index is 10.9. The lowest BCUT2D eigenvalue weighted by Gasteiger charge is -2.08. The fourth-order valence-corrected chi connectivity index (χ4v) is 2.00. The van der Waals surface area contributed by atoms with Crippen molar-refractivity contribution in [1.29, 1.82) is 0 Å². The van der Waals surface area contributed by atoms with Gasteiger partial charge in [-0.25, -0.2) is 0 Å². The van der Waals surface area contributed by atoms with Crippen LogP contribution in [0.3, 0.4) is 0 Å². The predicted molar refractivity (Wildman–Crippen MR) is 91.0 cm³/mol. The van der Waals surface area contributed by atoms with Crippen molar-refractivity contribution in [1.82, 2.24) is 0 Å². The number of unbranched alkanes of at least 4 members (excludes halogenated alkanes) is 3. The summed E-state index contributed by atoms with van der Waals surface area (Å²) < 4.78 is 4.90. The van der Waals surface area contributed by atoms with Crippen LogP contribution in [0.1, 0.15) is 91.9 Å². The van der Waals surface area contributed by atoms with E-state index in [2.05, 4.69) is 13.8 Å². The average molecular weight is 316 g/mol. The van der Waals surface area contributed by atoms with E-state index in [0.29, 0.717) is 13.0 Å². The van der Waals surface area contributed by atoms with Crippen LogP contribution in [0, 0.1) is 5.92 Å². The third-order valence-electron chi connectivity index (χ3n) is 3.34. The van der Waals surface area contributed by atoms with E-state index in [4.69, 9.17) is 9.84 Å². The Kier molecular flexibility index (Phi) is 19.0.